The lowest BCUT2D eigenvalue weighted by Crippen LogP contribution is -2.35. The van der Waals surface area contributed by atoms with Gasteiger partial charge in [0.05, 0.1) is 23.3 Å². The van der Waals surface area contributed by atoms with Crippen molar-refractivity contribution in [2.24, 2.45) is 5.10 Å². The summed E-state index contributed by atoms with van der Waals surface area (Å²) in [7, 11) is 0. The highest BCUT2D eigenvalue weighted by molar-refractivity contribution is 6.35. The Morgan fingerprint density at radius 1 is 1.12 bits per heavy atom. The maximum Gasteiger partial charge on any atom is 0.259 e. The standard InChI is InChI=1S/C16H12Cl2FN3O2/c17-11-3-6-14(18)13(7-11)16(24)20-9-15(23)22-21-8-10-1-4-12(19)5-2-10/h1-8H,9H2,(H,20,24)(H,22,23)/b21-8+. The third kappa shape index (κ3) is 5.33. The van der Waals surface area contributed by atoms with Gasteiger partial charge < -0.3 is 5.32 Å². The molecule has 0 aliphatic rings. The zero-order valence-corrected chi connectivity index (χ0v) is 13.7. The molecule has 2 N–H and O–H groups in total. The number of nitrogens with one attached hydrogen (secondary N) is 2. The third-order valence-corrected chi connectivity index (χ3v) is 3.42. The number of nitrogens with zero attached hydrogens (tertiary/aromatic N) is 1. The molecule has 0 bridgehead atoms. The van der Waals surface area contributed by atoms with Crippen molar-refractivity contribution in [1.82, 2.24) is 10.7 Å². The topological polar surface area (TPSA) is 70.6 Å². The van der Waals surface area contributed by atoms with Crippen LogP contribution in [0.5, 0.6) is 0 Å². The van der Waals surface area contributed by atoms with Crippen LogP contribution in [-0.4, -0.2) is 24.6 Å². The number of rotatable bonds is 5. The highest BCUT2D eigenvalue weighted by Gasteiger charge is 2.12. The summed E-state index contributed by atoms with van der Waals surface area (Å²) < 4.78 is 12.7. The smallest absolute Gasteiger partial charge is 0.259 e. The first-order chi connectivity index (χ1) is 11.5. The summed E-state index contributed by atoms with van der Waals surface area (Å²) in [6.45, 7) is -0.289. The molecule has 0 atom stereocenters. The minimum atomic E-state index is -0.528. The van der Waals surface area contributed by atoms with Crippen molar-refractivity contribution in [3.05, 3.63) is 69.5 Å². The number of hydrazone groups is 1. The fourth-order valence-corrected chi connectivity index (χ4v) is 2.07. The van der Waals surface area contributed by atoms with Gasteiger partial charge in [-0.1, -0.05) is 35.3 Å². The molecule has 0 unspecified atom stereocenters. The first kappa shape index (κ1) is 17.9. The first-order valence-corrected chi connectivity index (χ1v) is 7.52. The molecule has 0 spiro atoms. The summed E-state index contributed by atoms with van der Waals surface area (Å²) in [5, 5.41) is 6.70. The van der Waals surface area contributed by atoms with E-state index < -0.39 is 11.8 Å². The van der Waals surface area contributed by atoms with Crippen LogP contribution in [0.1, 0.15) is 15.9 Å². The number of hydrogen-bond donors (Lipinski definition) is 2. The molecule has 0 aliphatic carbocycles. The average Bonchev–Trinajstić information content (AvgIpc) is 2.56. The van der Waals surface area contributed by atoms with Gasteiger partial charge in [-0.2, -0.15) is 5.10 Å². The minimum Gasteiger partial charge on any atom is -0.343 e. The zero-order valence-electron chi connectivity index (χ0n) is 12.2. The van der Waals surface area contributed by atoms with E-state index in [0.29, 0.717) is 10.6 Å². The molecule has 0 aliphatic heterocycles. The maximum atomic E-state index is 12.7. The number of hydrogen-bond acceptors (Lipinski definition) is 3. The Kier molecular flexibility index (Phi) is 6.28. The summed E-state index contributed by atoms with van der Waals surface area (Å²) >= 11 is 11.7. The number of halogens is 3. The van der Waals surface area contributed by atoms with Crippen molar-refractivity contribution < 1.29 is 14.0 Å². The Morgan fingerprint density at radius 3 is 2.54 bits per heavy atom. The zero-order chi connectivity index (χ0) is 17.5. The van der Waals surface area contributed by atoms with Crippen molar-refractivity contribution in [2.75, 3.05) is 6.54 Å². The molecule has 5 nitrogen and oxygen atoms in total. The molecular formula is C16H12Cl2FN3O2. The van der Waals surface area contributed by atoms with Crippen LogP contribution in [0, 0.1) is 5.82 Å². The Morgan fingerprint density at radius 2 is 1.83 bits per heavy atom. The second-order valence-corrected chi connectivity index (χ2v) is 5.50. The van der Waals surface area contributed by atoms with Gasteiger partial charge >= 0.3 is 0 Å². The summed E-state index contributed by atoms with van der Waals surface area (Å²) in [5.74, 6) is -1.42. The van der Waals surface area contributed by atoms with Crippen LogP contribution in [0.25, 0.3) is 0 Å². The van der Waals surface area contributed by atoms with Crippen LogP contribution < -0.4 is 10.7 Å². The number of carbonyl (C=O) groups excluding carboxylic acids is 2. The van der Waals surface area contributed by atoms with E-state index in [1.165, 1.54) is 42.6 Å². The first-order valence-electron chi connectivity index (χ1n) is 6.76. The largest absolute Gasteiger partial charge is 0.343 e. The highest BCUT2D eigenvalue weighted by Crippen LogP contribution is 2.20. The van der Waals surface area contributed by atoms with Gasteiger partial charge in [-0.15, -0.1) is 0 Å². The van der Waals surface area contributed by atoms with Gasteiger partial charge in [-0.05, 0) is 35.9 Å². The summed E-state index contributed by atoms with van der Waals surface area (Å²) in [6.07, 6.45) is 1.35. The molecule has 0 saturated heterocycles. The Labute approximate surface area is 147 Å². The minimum absolute atomic E-state index is 0.173. The molecule has 8 heteroatoms. The molecule has 0 heterocycles. The van der Waals surface area contributed by atoms with Gasteiger partial charge in [0.2, 0.25) is 0 Å². The second kappa shape index (κ2) is 8.42. The Hall–Kier alpha value is -2.44. The van der Waals surface area contributed by atoms with E-state index in [0.717, 1.165) is 0 Å². The molecule has 24 heavy (non-hydrogen) atoms. The lowest BCUT2D eigenvalue weighted by Gasteiger charge is -2.06. The van der Waals surface area contributed by atoms with Crippen molar-refractivity contribution in [2.45, 2.75) is 0 Å². The fraction of sp³-hybridized carbons (Fsp3) is 0.0625. The molecule has 0 saturated carbocycles. The predicted molar refractivity (Wildman–Crippen MR) is 90.9 cm³/mol. The molecule has 0 radical (unpaired) electrons. The SMILES string of the molecule is O=C(CNC(=O)c1cc(Cl)ccc1Cl)N/N=C/c1ccc(F)cc1. The van der Waals surface area contributed by atoms with Gasteiger partial charge in [0.25, 0.3) is 11.8 Å². The van der Waals surface area contributed by atoms with Crippen LogP contribution in [-0.2, 0) is 4.79 Å². The van der Waals surface area contributed by atoms with E-state index in [9.17, 15) is 14.0 Å². The monoisotopic (exact) mass is 367 g/mol. The van der Waals surface area contributed by atoms with E-state index in [1.54, 1.807) is 6.07 Å². The van der Waals surface area contributed by atoms with Gasteiger partial charge in [0.1, 0.15) is 5.82 Å². The molecule has 2 amide bonds. The number of amides is 2. The number of carbonyl (C=O) groups is 2. The van der Waals surface area contributed by atoms with Gasteiger partial charge in [-0.3, -0.25) is 9.59 Å². The van der Waals surface area contributed by atoms with E-state index >= 15 is 0 Å². The Bertz CT molecular complexity index is 779. The average molecular weight is 368 g/mol. The highest BCUT2D eigenvalue weighted by atomic mass is 35.5. The predicted octanol–water partition coefficient (Wildman–Crippen LogP) is 3.01. The van der Waals surface area contributed by atoms with Crippen LogP contribution in [0.3, 0.4) is 0 Å². The van der Waals surface area contributed by atoms with Crippen molar-refractivity contribution in [3.8, 4) is 0 Å². The van der Waals surface area contributed by atoms with Crippen LogP contribution in [0.4, 0.5) is 4.39 Å². The van der Waals surface area contributed by atoms with E-state index in [4.69, 9.17) is 23.2 Å². The lowest BCUT2D eigenvalue weighted by atomic mass is 10.2. The quantitative estimate of drug-likeness (QED) is 0.629. The van der Waals surface area contributed by atoms with Crippen LogP contribution in [0.15, 0.2) is 47.6 Å². The van der Waals surface area contributed by atoms with Crippen molar-refractivity contribution >= 4 is 41.2 Å². The summed E-state index contributed by atoms with van der Waals surface area (Å²) in [6, 6.07) is 10.0. The van der Waals surface area contributed by atoms with Gasteiger partial charge in [-0.25, -0.2) is 9.82 Å². The van der Waals surface area contributed by atoms with Gasteiger partial charge in [0.15, 0.2) is 0 Å². The molecule has 2 aromatic carbocycles. The Balaban J connectivity index is 1.83. The van der Waals surface area contributed by atoms with E-state index in [2.05, 4.69) is 15.8 Å². The second-order valence-electron chi connectivity index (χ2n) is 4.65. The number of benzene rings is 2. The fourth-order valence-electron chi connectivity index (χ4n) is 1.69. The normalized spacial score (nSPS) is 10.6. The lowest BCUT2D eigenvalue weighted by molar-refractivity contribution is -0.120. The molecule has 2 aromatic rings. The van der Waals surface area contributed by atoms with Crippen molar-refractivity contribution in [1.29, 1.82) is 0 Å². The summed E-state index contributed by atoms with van der Waals surface area (Å²) in [4.78, 5) is 23.6. The molecular weight excluding hydrogens is 356 g/mol. The van der Waals surface area contributed by atoms with Crippen molar-refractivity contribution in [3.63, 3.8) is 0 Å². The summed E-state index contributed by atoms with van der Waals surface area (Å²) in [5.41, 5.74) is 3.03. The van der Waals surface area contributed by atoms with E-state index in [1.807, 2.05) is 0 Å². The van der Waals surface area contributed by atoms with Crippen LogP contribution in [0.2, 0.25) is 10.0 Å². The molecule has 0 aromatic heterocycles. The van der Waals surface area contributed by atoms with Crippen LogP contribution >= 0.6 is 23.2 Å². The van der Waals surface area contributed by atoms with E-state index in [-0.39, 0.29) is 22.9 Å². The molecule has 124 valence electrons. The van der Waals surface area contributed by atoms with Gasteiger partial charge in [0, 0.05) is 5.02 Å². The molecule has 0 fully saturated rings. The maximum absolute atomic E-state index is 12.7. The molecule has 2 rings (SSSR count). The third-order valence-electron chi connectivity index (χ3n) is 2.86.